The van der Waals surface area contributed by atoms with E-state index < -0.39 is 10.0 Å². The van der Waals surface area contributed by atoms with Crippen LogP contribution in [-0.2, 0) is 16.6 Å². The molecule has 8 heteroatoms. The molecule has 2 aromatic heterocycles. The van der Waals surface area contributed by atoms with Gasteiger partial charge in [-0.1, -0.05) is 0 Å². The van der Waals surface area contributed by atoms with Crippen molar-refractivity contribution in [3.63, 3.8) is 0 Å². The average molecular weight is 328 g/mol. The van der Waals surface area contributed by atoms with Crippen molar-refractivity contribution in [2.75, 3.05) is 19.3 Å². The van der Waals surface area contributed by atoms with E-state index in [4.69, 9.17) is 0 Å². The van der Waals surface area contributed by atoms with Crippen molar-refractivity contribution in [1.29, 1.82) is 0 Å². The third-order valence-corrected chi connectivity index (χ3v) is 6.10. The Bertz CT molecular complexity index is 727. The van der Waals surface area contributed by atoms with Crippen LogP contribution in [0.5, 0.6) is 0 Å². The summed E-state index contributed by atoms with van der Waals surface area (Å²) in [5.74, 6) is 0. The van der Waals surface area contributed by atoms with E-state index in [9.17, 15) is 8.42 Å². The van der Waals surface area contributed by atoms with Crippen LogP contribution >= 0.6 is 11.3 Å². The summed E-state index contributed by atoms with van der Waals surface area (Å²) in [4.78, 5) is 5.56. The quantitative estimate of drug-likeness (QED) is 0.916. The molecule has 0 spiro atoms. The Hall–Kier alpha value is -0.960. The number of hydrogen-bond donors (Lipinski definition) is 1. The van der Waals surface area contributed by atoms with Gasteiger partial charge in [0.25, 0.3) is 0 Å². The van der Waals surface area contributed by atoms with Crippen LogP contribution in [0.3, 0.4) is 0 Å². The first kappa shape index (κ1) is 15.0. The number of hydrogen-bond acceptors (Lipinski definition) is 5. The summed E-state index contributed by atoms with van der Waals surface area (Å²) in [5, 5.41) is 5.58. The van der Waals surface area contributed by atoms with Crippen LogP contribution in [0.4, 0.5) is 0 Å². The second-order valence-corrected chi connectivity index (χ2v) is 8.37. The zero-order valence-corrected chi connectivity index (χ0v) is 13.9. The van der Waals surface area contributed by atoms with Crippen LogP contribution in [0.15, 0.2) is 11.6 Å². The fourth-order valence-electron chi connectivity index (χ4n) is 2.79. The lowest BCUT2D eigenvalue weighted by Gasteiger charge is -2.30. The molecule has 0 aromatic carbocycles. The lowest BCUT2D eigenvalue weighted by Crippen LogP contribution is -2.44. The van der Waals surface area contributed by atoms with Crippen LogP contribution in [0.2, 0.25) is 0 Å². The molecule has 0 amide bonds. The van der Waals surface area contributed by atoms with Crippen LogP contribution in [0.25, 0.3) is 4.96 Å². The van der Waals surface area contributed by atoms with Gasteiger partial charge in [0.15, 0.2) is 4.96 Å². The van der Waals surface area contributed by atoms with Gasteiger partial charge in [0.2, 0.25) is 10.0 Å². The molecular weight excluding hydrogens is 308 g/mol. The van der Waals surface area contributed by atoms with Crippen LogP contribution in [0, 0.1) is 6.92 Å². The zero-order valence-electron chi connectivity index (χ0n) is 12.2. The van der Waals surface area contributed by atoms with Crippen molar-refractivity contribution in [2.45, 2.75) is 32.4 Å². The van der Waals surface area contributed by atoms with E-state index in [0.717, 1.165) is 30.0 Å². The molecule has 3 heterocycles. The molecular formula is C13H20N4O2S2. The van der Waals surface area contributed by atoms with Crippen molar-refractivity contribution in [3.05, 3.63) is 23.0 Å². The highest BCUT2D eigenvalue weighted by atomic mass is 32.2. The molecule has 1 saturated heterocycles. The maximum atomic E-state index is 11.5. The molecule has 1 N–H and O–H groups in total. The van der Waals surface area contributed by atoms with Gasteiger partial charge < -0.3 is 5.32 Å². The van der Waals surface area contributed by atoms with Crippen molar-refractivity contribution in [3.8, 4) is 0 Å². The molecule has 0 saturated carbocycles. The number of fused-ring (bicyclic) bond motifs is 1. The highest BCUT2D eigenvalue weighted by molar-refractivity contribution is 7.88. The molecule has 116 valence electrons. The minimum absolute atomic E-state index is 0.367. The van der Waals surface area contributed by atoms with E-state index in [2.05, 4.69) is 14.7 Å². The SMILES string of the molecule is Cc1nc2sccn2c1CNC1CCN(S(C)(=O)=O)CC1. The Morgan fingerprint density at radius 3 is 2.81 bits per heavy atom. The fourth-order valence-corrected chi connectivity index (χ4v) is 4.44. The van der Waals surface area contributed by atoms with E-state index in [-0.39, 0.29) is 0 Å². The Balaban J connectivity index is 1.59. The predicted molar refractivity (Wildman–Crippen MR) is 84.1 cm³/mol. The standard InChI is InChI=1S/C13H20N4O2S2/c1-10-12(17-7-8-20-13(17)15-10)9-14-11-3-5-16(6-4-11)21(2,18)19/h7-8,11,14H,3-6,9H2,1-2H3. The van der Waals surface area contributed by atoms with Crippen molar-refractivity contribution >= 4 is 26.3 Å². The highest BCUT2D eigenvalue weighted by Gasteiger charge is 2.24. The molecule has 1 aliphatic rings. The van der Waals surface area contributed by atoms with Gasteiger partial charge in [0.1, 0.15) is 0 Å². The van der Waals surface area contributed by atoms with Crippen LogP contribution < -0.4 is 5.32 Å². The number of aryl methyl sites for hydroxylation is 1. The largest absolute Gasteiger partial charge is 0.308 e. The smallest absolute Gasteiger partial charge is 0.211 e. The Kier molecular flexibility index (Phi) is 4.04. The second-order valence-electron chi connectivity index (χ2n) is 5.52. The first-order chi connectivity index (χ1) is 9.95. The third-order valence-electron chi connectivity index (χ3n) is 4.04. The van der Waals surface area contributed by atoms with E-state index in [1.807, 2.05) is 18.5 Å². The molecule has 0 bridgehead atoms. The topological polar surface area (TPSA) is 66.7 Å². The molecule has 1 fully saturated rings. The first-order valence-electron chi connectivity index (χ1n) is 7.04. The summed E-state index contributed by atoms with van der Waals surface area (Å²) >= 11 is 1.64. The van der Waals surface area contributed by atoms with Gasteiger partial charge in [-0.05, 0) is 19.8 Å². The Morgan fingerprint density at radius 2 is 2.14 bits per heavy atom. The fraction of sp³-hybridized carbons (Fsp3) is 0.615. The van der Waals surface area contributed by atoms with Crippen molar-refractivity contribution in [2.24, 2.45) is 0 Å². The molecule has 2 aromatic rings. The Morgan fingerprint density at radius 1 is 1.43 bits per heavy atom. The Labute approximate surface area is 128 Å². The number of nitrogens with one attached hydrogen (secondary N) is 1. The monoisotopic (exact) mass is 328 g/mol. The van der Waals surface area contributed by atoms with Crippen molar-refractivity contribution in [1.82, 2.24) is 19.0 Å². The summed E-state index contributed by atoms with van der Waals surface area (Å²) in [6.07, 6.45) is 5.04. The van der Waals surface area contributed by atoms with E-state index in [1.165, 1.54) is 11.9 Å². The lowest BCUT2D eigenvalue weighted by molar-refractivity contribution is 0.289. The predicted octanol–water partition coefficient (Wildman–Crippen LogP) is 1.22. The number of thiazole rings is 1. The van der Waals surface area contributed by atoms with Crippen LogP contribution in [0.1, 0.15) is 24.2 Å². The summed E-state index contributed by atoms with van der Waals surface area (Å²) in [5.41, 5.74) is 2.25. The third kappa shape index (κ3) is 3.13. The van der Waals surface area contributed by atoms with E-state index in [0.29, 0.717) is 19.1 Å². The number of rotatable bonds is 4. The zero-order chi connectivity index (χ0) is 15.0. The number of aromatic nitrogens is 2. The number of piperidine rings is 1. The number of imidazole rings is 1. The van der Waals surface area contributed by atoms with Gasteiger partial charge in [-0.3, -0.25) is 4.40 Å². The molecule has 6 nitrogen and oxygen atoms in total. The molecule has 0 unspecified atom stereocenters. The van der Waals surface area contributed by atoms with Gasteiger partial charge in [-0.2, -0.15) is 0 Å². The maximum Gasteiger partial charge on any atom is 0.211 e. The normalized spacial score (nSPS) is 18.6. The van der Waals surface area contributed by atoms with E-state index >= 15 is 0 Å². The molecule has 1 aliphatic heterocycles. The minimum Gasteiger partial charge on any atom is -0.308 e. The summed E-state index contributed by atoms with van der Waals surface area (Å²) < 4.78 is 26.7. The highest BCUT2D eigenvalue weighted by Crippen LogP contribution is 2.18. The van der Waals surface area contributed by atoms with Gasteiger partial charge in [0.05, 0.1) is 17.6 Å². The average Bonchev–Trinajstić information content (AvgIpc) is 2.97. The van der Waals surface area contributed by atoms with E-state index in [1.54, 1.807) is 15.6 Å². The molecule has 0 radical (unpaired) electrons. The van der Waals surface area contributed by atoms with Gasteiger partial charge in [-0.15, -0.1) is 11.3 Å². The second kappa shape index (κ2) is 5.68. The summed E-state index contributed by atoms with van der Waals surface area (Å²) in [6.45, 7) is 4.02. The molecule has 0 aliphatic carbocycles. The minimum atomic E-state index is -3.04. The summed E-state index contributed by atoms with van der Waals surface area (Å²) in [7, 11) is -3.04. The first-order valence-corrected chi connectivity index (χ1v) is 9.77. The lowest BCUT2D eigenvalue weighted by atomic mass is 10.1. The van der Waals surface area contributed by atoms with Crippen LogP contribution in [-0.4, -0.2) is 47.5 Å². The maximum absolute atomic E-state index is 11.5. The van der Waals surface area contributed by atoms with Gasteiger partial charge in [-0.25, -0.2) is 17.7 Å². The molecule has 3 rings (SSSR count). The molecule has 21 heavy (non-hydrogen) atoms. The van der Waals surface area contributed by atoms with Gasteiger partial charge in [0, 0.05) is 37.3 Å². The molecule has 0 atom stereocenters. The number of sulfonamides is 1. The number of nitrogens with zero attached hydrogens (tertiary/aromatic N) is 3. The van der Waals surface area contributed by atoms with Crippen molar-refractivity contribution < 1.29 is 8.42 Å². The van der Waals surface area contributed by atoms with Gasteiger partial charge >= 0.3 is 0 Å². The summed E-state index contributed by atoms with van der Waals surface area (Å²) in [6, 6.07) is 0.367.